The largest absolute Gasteiger partial charge is 0.493 e. The highest BCUT2D eigenvalue weighted by molar-refractivity contribution is 5.99. The zero-order chi connectivity index (χ0) is 22.4. The Morgan fingerprint density at radius 1 is 1.17 bits per heavy atom. The van der Waals surface area contributed by atoms with Gasteiger partial charge in [0.25, 0.3) is 11.6 Å². The van der Waals surface area contributed by atoms with E-state index in [-0.39, 0.29) is 23.7 Å². The summed E-state index contributed by atoms with van der Waals surface area (Å²) >= 11 is 0. The van der Waals surface area contributed by atoms with Gasteiger partial charge in [0.2, 0.25) is 0 Å². The lowest BCUT2D eigenvalue weighted by atomic mass is 10.1. The van der Waals surface area contributed by atoms with Gasteiger partial charge in [0, 0.05) is 11.8 Å². The van der Waals surface area contributed by atoms with Crippen LogP contribution in [0.3, 0.4) is 0 Å². The van der Waals surface area contributed by atoms with Crippen molar-refractivity contribution in [3.05, 3.63) is 57.1 Å². The van der Waals surface area contributed by atoms with Crippen molar-refractivity contribution in [1.29, 1.82) is 0 Å². The third-order valence-corrected chi connectivity index (χ3v) is 4.29. The fraction of sp³-hybridized carbons (Fsp3) is 0.333. The number of methoxy groups -OCH3 is 1. The Bertz CT molecular complexity index is 972. The first-order valence-electron chi connectivity index (χ1n) is 9.26. The van der Waals surface area contributed by atoms with Crippen molar-refractivity contribution >= 4 is 23.3 Å². The van der Waals surface area contributed by atoms with Gasteiger partial charge in [0.1, 0.15) is 5.56 Å². The first-order chi connectivity index (χ1) is 14.2. The Hall–Kier alpha value is -3.62. The number of nitro benzene ring substituents is 1. The number of nitro groups is 1. The molecule has 0 aromatic heterocycles. The molecule has 1 atom stereocenters. The zero-order valence-corrected chi connectivity index (χ0v) is 17.5. The van der Waals surface area contributed by atoms with Crippen LogP contribution in [-0.4, -0.2) is 36.6 Å². The number of benzene rings is 2. The van der Waals surface area contributed by atoms with Crippen LogP contribution in [0.4, 0.5) is 11.4 Å². The molecular formula is C21H24N2O7. The fourth-order valence-electron chi connectivity index (χ4n) is 2.76. The number of carbonyl (C=O) groups excluding carboxylic acids is 2. The highest BCUT2D eigenvalue weighted by Gasteiger charge is 2.28. The molecule has 0 aliphatic rings. The molecule has 2 aromatic carbocycles. The maximum absolute atomic E-state index is 12.6. The monoisotopic (exact) mass is 416 g/mol. The first kappa shape index (κ1) is 22.7. The Kier molecular flexibility index (Phi) is 7.35. The second kappa shape index (κ2) is 9.73. The van der Waals surface area contributed by atoms with Gasteiger partial charge in [-0.1, -0.05) is 17.7 Å². The summed E-state index contributed by atoms with van der Waals surface area (Å²) in [5.74, 6) is -1.31. The van der Waals surface area contributed by atoms with E-state index in [1.54, 1.807) is 13.0 Å². The highest BCUT2D eigenvalue weighted by atomic mass is 16.6. The van der Waals surface area contributed by atoms with E-state index in [9.17, 15) is 19.7 Å². The number of nitrogens with zero attached hydrogens (tertiary/aromatic N) is 1. The number of rotatable bonds is 8. The zero-order valence-electron chi connectivity index (χ0n) is 17.5. The van der Waals surface area contributed by atoms with Crippen LogP contribution in [-0.2, 0) is 9.53 Å². The Labute approximate surface area is 174 Å². The maximum Gasteiger partial charge on any atom is 0.346 e. The predicted molar refractivity (Wildman–Crippen MR) is 110 cm³/mol. The van der Waals surface area contributed by atoms with Crippen LogP contribution in [0.2, 0.25) is 0 Å². The van der Waals surface area contributed by atoms with E-state index in [0.717, 1.165) is 17.2 Å². The second-order valence-electron chi connectivity index (χ2n) is 6.57. The molecular weight excluding hydrogens is 392 g/mol. The predicted octanol–water partition coefficient (Wildman–Crippen LogP) is 3.80. The third-order valence-electron chi connectivity index (χ3n) is 4.29. The van der Waals surface area contributed by atoms with Crippen molar-refractivity contribution in [2.24, 2.45) is 0 Å². The number of hydrogen-bond donors (Lipinski definition) is 1. The van der Waals surface area contributed by atoms with Gasteiger partial charge in [-0.05, 0) is 39.3 Å². The summed E-state index contributed by atoms with van der Waals surface area (Å²) in [6.45, 7) is 7.14. The second-order valence-corrected chi connectivity index (χ2v) is 6.57. The van der Waals surface area contributed by atoms with E-state index < -0.39 is 28.6 Å². The van der Waals surface area contributed by atoms with E-state index in [2.05, 4.69) is 5.32 Å². The first-order valence-corrected chi connectivity index (χ1v) is 9.26. The van der Waals surface area contributed by atoms with Crippen LogP contribution in [0.15, 0.2) is 30.3 Å². The molecule has 9 nitrogen and oxygen atoms in total. The number of anilines is 1. The van der Waals surface area contributed by atoms with Gasteiger partial charge in [-0.3, -0.25) is 14.9 Å². The summed E-state index contributed by atoms with van der Waals surface area (Å²) in [6.07, 6.45) is -1.18. The maximum atomic E-state index is 12.6. The number of aryl methyl sites for hydroxylation is 2. The van der Waals surface area contributed by atoms with Crippen LogP contribution in [0.1, 0.15) is 35.3 Å². The molecule has 0 fully saturated rings. The molecule has 1 amide bonds. The molecule has 9 heteroatoms. The molecule has 30 heavy (non-hydrogen) atoms. The standard InChI is InChI=1S/C21H24N2O7/c1-6-29-19-10-15(17(23(26)27)11-18(19)28-5)21(25)30-14(4)20(24)22-16-8-7-12(2)9-13(16)3/h7-11,14H,6H2,1-5H3,(H,22,24)/t14-/m0/s1. The summed E-state index contributed by atoms with van der Waals surface area (Å²) in [5.41, 5.74) is 1.64. The SMILES string of the molecule is CCOc1cc(C(=O)O[C@@H](C)C(=O)Nc2ccc(C)cc2C)c([N+](=O)[O-])cc1OC. The fourth-order valence-corrected chi connectivity index (χ4v) is 2.76. The molecule has 0 radical (unpaired) electrons. The van der Waals surface area contributed by atoms with Gasteiger partial charge >= 0.3 is 5.97 Å². The van der Waals surface area contributed by atoms with Gasteiger partial charge in [0.05, 0.1) is 24.7 Å². The van der Waals surface area contributed by atoms with Crippen molar-refractivity contribution in [2.45, 2.75) is 33.8 Å². The minimum absolute atomic E-state index is 0.112. The summed E-state index contributed by atoms with van der Waals surface area (Å²) in [5, 5.41) is 14.1. The molecule has 0 saturated carbocycles. The number of ether oxygens (including phenoxy) is 3. The van der Waals surface area contributed by atoms with Gasteiger partial charge in [-0.25, -0.2) is 4.79 Å². The number of carbonyl (C=O) groups is 2. The average molecular weight is 416 g/mol. The molecule has 160 valence electrons. The lowest BCUT2D eigenvalue weighted by Gasteiger charge is -2.16. The van der Waals surface area contributed by atoms with Gasteiger partial charge in [-0.2, -0.15) is 0 Å². The van der Waals surface area contributed by atoms with Crippen LogP contribution in [0.5, 0.6) is 11.5 Å². The molecule has 2 rings (SSSR count). The molecule has 0 heterocycles. The lowest BCUT2D eigenvalue weighted by Crippen LogP contribution is -2.30. The van der Waals surface area contributed by atoms with E-state index in [0.29, 0.717) is 5.69 Å². The molecule has 0 spiro atoms. The third kappa shape index (κ3) is 5.25. The summed E-state index contributed by atoms with van der Waals surface area (Å²) in [4.78, 5) is 35.7. The van der Waals surface area contributed by atoms with Gasteiger partial charge in [0.15, 0.2) is 17.6 Å². The molecule has 0 bridgehead atoms. The van der Waals surface area contributed by atoms with E-state index in [1.165, 1.54) is 20.1 Å². The van der Waals surface area contributed by atoms with Gasteiger partial charge < -0.3 is 19.5 Å². The summed E-state index contributed by atoms with van der Waals surface area (Å²) < 4.78 is 15.6. The summed E-state index contributed by atoms with van der Waals surface area (Å²) in [6, 6.07) is 7.76. The Morgan fingerprint density at radius 2 is 1.87 bits per heavy atom. The molecule has 0 aliphatic heterocycles. The number of amides is 1. The summed E-state index contributed by atoms with van der Waals surface area (Å²) in [7, 11) is 1.33. The Morgan fingerprint density at radius 3 is 2.43 bits per heavy atom. The number of nitrogens with one attached hydrogen (secondary N) is 1. The van der Waals surface area contributed by atoms with Crippen LogP contribution in [0.25, 0.3) is 0 Å². The number of hydrogen-bond acceptors (Lipinski definition) is 7. The van der Waals surface area contributed by atoms with E-state index >= 15 is 0 Å². The van der Waals surface area contributed by atoms with E-state index in [1.807, 2.05) is 26.0 Å². The van der Waals surface area contributed by atoms with Crippen molar-refractivity contribution in [1.82, 2.24) is 0 Å². The van der Waals surface area contributed by atoms with E-state index in [4.69, 9.17) is 14.2 Å². The quantitative estimate of drug-likeness (QED) is 0.395. The van der Waals surface area contributed by atoms with Gasteiger partial charge in [-0.15, -0.1) is 0 Å². The van der Waals surface area contributed by atoms with Crippen molar-refractivity contribution < 1.29 is 28.7 Å². The molecule has 2 aromatic rings. The topological polar surface area (TPSA) is 117 Å². The molecule has 0 saturated heterocycles. The average Bonchev–Trinajstić information content (AvgIpc) is 2.69. The highest BCUT2D eigenvalue weighted by Crippen LogP contribution is 2.35. The minimum atomic E-state index is -1.18. The van der Waals surface area contributed by atoms with Crippen molar-refractivity contribution in [2.75, 3.05) is 19.0 Å². The smallest absolute Gasteiger partial charge is 0.346 e. The molecule has 1 N–H and O–H groups in total. The van der Waals surface area contributed by atoms with Crippen molar-refractivity contribution in [3.8, 4) is 11.5 Å². The molecule has 0 aliphatic carbocycles. The van der Waals surface area contributed by atoms with Crippen molar-refractivity contribution in [3.63, 3.8) is 0 Å². The van der Waals surface area contributed by atoms with Crippen LogP contribution in [0, 0.1) is 24.0 Å². The van der Waals surface area contributed by atoms with Crippen LogP contribution < -0.4 is 14.8 Å². The molecule has 0 unspecified atom stereocenters. The van der Waals surface area contributed by atoms with Crippen LogP contribution >= 0.6 is 0 Å². The Balaban J connectivity index is 2.23. The number of esters is 1. The lowest BCUT2D eigenvalue weighted by molar-refractivity contribution is -0.385. The minimum Gasteiger partial charge on any atom is -0.493 e. The normalized spacial score (nSPS) is 11.4.